The molecular weight excluding hydrogens is 538 g/mol. The number of carbonyl (C=O) groups excluding carboxylic acids is 1. The van der Waals surface area contributed by atoms with Crippen molar-refractivity contribution in [1.82, 2.24) is 29.2 Å². The van der Waals surface area contributed by atoms with Crippen molar-refractivity contribution in [2.75, 3.05) is 38.5 Å². The van der Waals surface area contributed by atoms with Crippen molar-refractivity contribution < 1.29 is 9.90 Å². The van der Waals surface area contributed by atoms with E-state index in [1.807, 2.05) is 24.0 Å². The van der Waals surface area contributed by atoms with Crippen LogP contribution in [0.4, 0.5) is 5.82 Å². The number of piperazine rings is 1. The van der Waals surface area contributed by atoms with Gasteiger partial charge < -0.3 is 15.7 Å². The zero-order valence-electron chi connectivity index (χ0n) is 24.6. The van der Waals surface area contributed by atoms with Gasteiger partial charge in [0.15, 0.2) is 6.35 Å². The highest BCUT2D eigenvalue weighted by Gasteiger charge is 2.35. The zero-order valence-corrected chi connectivity index (χ0v) is 24.6. The number of aliphatic hydroxyl groups is 1. The van der Waals surface area contributed by atoms with Crippen molar-refractivity contribution in [2.24, 2.45) is 0 Å². The summed E-state index contributed by atoms with van der Waals surface area (Å²) in [5.74, 6) is 2.18. The molecule has 7 rings (SSSR count). The lowest BCUT2D eigenvalue weighted by Gasteiger charge is -2.43. The van der Waals surface area contributed by atoms with Gasteiger partial charge >= 0.3 is 0 Å². The number of benzene rings is 2. The van der Waals surface area contributed by atoms with Crippen LogP contribution in [-0.2, 0) is 4.79 Å². The van der Waals surface area contributed by atoms with Crippen molar-refractivity contribution >= 4 is 22.8 Å². The van der Waals surface area contributed by atoms with E-state index in [1.54, 1.807) is 6.20 Å². The van der Waals surface area contributed by atoms with E-state index in [0.717, 1.165) is 47.6 Å². The molecule has 3 aliphatic rings. The van der Waals surface area contributed by atoms with Gasteiger partial charge in [0.05, 0.1) is 16.6 Å². The average molecular weight is 578 g/mol. The molecule has 3 atom stereocenters. The number of rotatable bonds is 7. The standard InChI is InChI=1S/C34H39N7O2/c1-3-31(42)40-18-17-39(20-22(40)2)34(43)38-16-14-26(21-38)24-8-11-27(12-9-24)41-30-19-25(23-6-7-23)10-13-29(30)37-33(41)28-5-4-15-36-32(28)35/h3-5,8-13,15,19,22-23,26,34,43H,1,6-7,14,16-18,20-21H2,2H3,(H2,35,36)/t22-,26-,34?/m1/s1. The Morgan fingerprint density at radius 2 is 1.77 bits per heavy atom. The van der Waals surface area contributed by atoms with Gasteiger partial charge in [0.25, 0.3) is 0 Å². The first-order valence-electron chi connectivity index (χ1n) is 15.3. The van der Waals surface area contributed by atoms with Gasteiger partial charge in [-0.1, -0.05) is 24.8 Å². The number of likely N-dealkylation sites (tertiary alicyclic amines) is 1. The van der Waals surface area contributed by atoms with E-state index >= 15 is 0 Å². The normalized spacial score (nSPS) is 22.2. The molecule has 1 aliphatic carbocycles. The number of carbonyl (C=O) groups is 1. The summed E-state index contributed by atoms with van der Waals surface area (Å²) < 4.78 is 2.21. The predicted molar refractivity (Wildman–Crippen MR) is 169 cm³/mol. The lowest BCUT2D eigenvalue weighted by Crippen LogP contribution is -2.59. The van der Waals surface area contributed by atoms with Crippen molar-refractivity contribution in [2.45, 2.75) is 50.4 Å². The van der Waals surface area contributed by atoms with Gasteiger partial charge in [-0.15, -0.1) is 0 Å². The minimum atomic E-state index is -0.654. The molecular formula is C34H39N7O2. The second-order valence-corrected chi connectivity index (χ2v) is 12.2. The van der Waals surface area contributed by atoms with Crippen LogP contribution in [0.25, 0.3) is 28.1 Å². The third-order valence-electron chi connectivity index (χ3n) is 9.42. The quantitative estimate of drug-likeness (QED) is 0.315. The van der Waals surface area contributed by atoms with E-state index in [1.165, 1.54) is 30.0 Å². The van der Waals surface area contributed by atoms with E-state index in [4.69, 9.17) is 10.7 Å². The number of hydrogen-bond donors (Lipinski definition) is 2. The number of imidazole rings is 1. The second-order valence-electron chi connectivity index (χ2n) is 12.2. The van der Waals surface area contributed by atoms with Crippen molar-refractivity contribution in [3.63, 3.8) is 0 Å². The van der Waals surface area contributed by atoms with Gasteiger partial charge in [-0.05, 0) is 91.6 Å². The molecule has 9 heteroatoms. The fraction of sp³-hybridized carbons (Fsp3) is 0.382. The smallest absolute Gasteiger partial charge is 0.246 e. The highest BCUT2D eigenvalue weighted by Crippen LogP contribution is 2.42. The highest BCUT2D eigenvalue weighted by molar-refractivity contribution is 5.87. The Labute approximate surface area is 252 Å². The maximum absolute atomic E-state index is 12.1. The van der Waals surface area contributed by atoms with Crippen LogP contribution in [0.1, 0.15) is 49.1 Å². The Bertz CT molecular complexity index is 1660. The molecule has 3 N–H and O–H groups in total. The summed E-state index contributed by atoms with van der Waals surface area (Å²) in [7, 11) is 0. The van der Waals surface area contributed by atoms with E-state index in [0.29, 0.717) is 37.3 Å². The van der Waals surface area contributed by atoms with Crippen LogP contribution in [0.5, 0.6) is 0 Å². The maximum atomic E-state index is 12.1. The number of aliphatic hydroxyl groups excluding tert-OH is 1. The summed E-state index contributed by atoms with van der Waals surface area (Å²) in [6.45, 7) is 9.14. The molecule has 4 heterocycles. The summed E-state index contributed by atoms with van der Waals surface area (Å²) in [6.07, 6.45) is 5.89. The average Bonchev–Trinajstić information content (AvgIpc) is 3.64. The highest BCUT2D eigenvalue weighted by atomic mass is 16.3. The number of fused-ring (bicyclic) bond motifs is 1. The first-order chi connectivity index (χ1) is 20.9. The molecule has 2 saturated heterocycles. The Balaban J connectivity index is 1.12. The third kappa shape index (κ3) is 5.22. The van der Waals surface area contributed by atoms with Gasteiger partial charge in [-0.2, -0.15) is 0 Å². The summed E-state index contributed by atoms with van der Waals surface area (Å²) in [4.78, 5) is 27.5. The minimum Gasteiger partial charge on any atom is -0.383 e. The van der Waals surface area contributed by atoms with Gasteiger partial charge in [0, 0.05) is 50.6 Å². The van der Waals surface area contributed by atoms with Gasteiger partial charge in [0.1, 0.15) is 11.6 Å². The molecule has 1 amide bonds. The third-order valence-corrected chi connectivity index (χ3v) is 9.42. The van der Waals surface area contributed by atoms with Crippen LogP contribution in [0.15, 0.2) is 73.4 Å². The van der Waals surface area contributed by atoms with Crippen LogP contribution >= 0.6 is 0 Å². The Morgan fingerprint density at radius 3 is 2.49 bits per heavy atom. The zero-order chi connectivity index (χ0) is 29.7. The molecule has 9 nitrogen and oxygen atoms in total. The number of amides is 1. The van der Waals surface area contributed by atoms with Gasteiger partial charge in [-0.25, -0.2) is 9.97 Å². The van der Waals surface area contributed by atoms with E-state index in [2.05, 4.69) is 68.4 Å². The fourth-order valence-electron chi connectivity index (χ4n) is 6.85. The molecule has 2 aliphatic heterocycles. The van der Waals surface area contributed by atoms with Crippen LogP contribution in [0.3, 0.4) is 0 Å². The SMILES string of the molecule is C=CC(=O)N1CCN(C(O)N2CC[C@@H](c3ccc(-n4c(-c5cccnc5N)nc5ccc(C6CC6)cc54)cc3)C2)C[C@H]1C. The largest absolute Gasteiger partial charge is 0.383 e. The second kappa shape index (κ2) is 11.2. The molecule has 222 valence electrons. The van der Waals surface area contributed by atoms with Crippen molar-refractivity contribution in [3.8, 4) is 17.1 Å². The molecule has 0 radical (unpaired) electrons. The number of nitrogens with zero attached hydrogens (tertiary/aromatic N) is 6. The lowest BCUT2D eigenvalue weighted by molar-refractivity contribution is -0.144. The molecule has 1 unspecified atom stereocenters. The molecule has 4 aromatic rings. The lowest BCUT2D eigenvalue weighted by atomic mass is 9.98. The van der Waals surface area contributed by atoms with E-state index < -0.39 is 6.35 Å². The molecule has 0 bridgehead atoms. The molecule has 0 spiro atoms. The Morgan fingerprint density at radius 1 is 1.00 bits per heavy atom. The first kappa shape index (κ1) is 27.8. The van der Waals surface area contributed by atoms with Crippen LogP contribution in [-0.4, -0.2) is 85.4 Å². The van der Waals surface area contributed by atoms with E-state index in [-0.39, 0.29) is 11.9 Å². The summed E-state index contributed by atoms with van der Waals surface area (Å²) in [5.41, 5.74) is 12.8. The summed E-state index contributed by atoms with van der Waals surface area (Å²) in [5, 5.41) is 11.2. The van der Waals surface area contributed by atoms with Crippen LogP contribution < -0.4 is 5.73 Å². The van der Waals surface area contributed by atoms with Crippen molar-refractivity contribution in [3.05, 3.63) is 84.6 Å². The molecule has 3 fully saturated rings. The number of hydrogen-bond acceptors (Lipinski definition) is 7. The molecule has 2 aromatic heterocycles. The fourth-order valence-corrected chi connectivity index (χ4v) is 6.85. The van der Waals surface area contributed by atoms with Gasteiger partial charge in [0.2, 0.25) is 5.91 Å². The van der Waals surface area contributed by atoms with Gasteiger partial charge in [-0.3, -0.25) is 19.2 Å². The Kier molecular flexibility index (Phi) is 7.25. The first-order valence-corrected chi connectivity index (χ1v) is 15.3. The number of nitrogens with two attached hydrogens (primary N) is 1. The predicted octanol–water partition coefficient (Wildman–Crippen LogP) is 4.33. The van der Waals surface area contributed by atoms with Crippen molar-refractivity contribution in [1.29, 1.82) is 0 Å². The number of aromatic nitrogens is 3. The monoisotopic (exact) mass is 577 g/mol. The number of anilines is 1. The maximum Gasteiger partial charge on any atom is 0.246 e. The van der Waals surface area contributed by atoms with Crippen LogP contribution in [0.2, 0.25) is 0 Å². The topological polar surface area (TPSA) is 104 Å². The minimum absolute atomic E-state index is 0.0337. The number of pyridine rings is 1. The molecule has 43 heavy (non-hydrogen) atoms. The summed E-state index contributed by atoms with van der Waals surface area (Å²) in [6, 6.07) is 19.3. The molecule has 2 aromatic carbocycles. The van der Waals surface area contributed by atoms with Crippen LogP contribution in [0, 0.1) is 0 Å². The van der Waals surface area contributed by atoms with E-state index in [9.17, 15) is 9.90 Å². The Hall–Kier alpha value is -4.05. The summed E-state index contributed by atoms with van der Waals surface area (Å²) >= 11 is 0. The number of nitrogen functional groups attached to an aromatic ring is 1. The molecule has 1 saturated carbocycles.